The highest BCUT2D eigenvalue weighted by molar-refractivity contribution is 6.05. The topological polar surface area (TPSA) is 95.7 Å². The van der Waals surface area contributed by atoms with E-state index < -0.39 is 6.04 Å². The lowest BCUT2D eigenvalue weighted by Crippen LogP contribution is -2.52. The second kappa shape index (κ2) is 6.93. The first-order valence-corrected chi connectivity index (χ1v) is 8.56. The van der Waals surface area contributed by atoms with E-state index in [0.717, 1.165) is 17.7 Å². The maximum Gasteiger partial charge on any atom is 0.255 e. The second-order valence-electron chi connectivity index (χ2n) is 7.03. The third kappa shape index (κ3) is 3.57. The van der Waals surface area contributed by atoms with Crippen molar-refractivity contribution in [3.05, 3.63) is 34.9 Å². The van der Waals surface area contributed by atoms with E-state index in [1.807, 2.05) is 32.2 Å². The van der Waals surface area contributed by atoms with Gasteiger partial charge in [-0.1, -0.05) is 18.2 Å². The summed E-state index contributed by atoms with van der Waals surface area (Å²) in [6.07, 6.45) is 0.644. The van der Waals surface area contributed by atoms with Crippen molar-refractivity contribution in [2.75, 3.05) is 13.6 Å². The molecule has 1 saturated heterocycles. The maximum atomic E-state index is 13.0. The average Bonchev–Trinajstić information content (AvgIpc) is 2.84. The van der Waals surface area contributed by atoms with Gasteiger partial charge in [0, 0.05) is 37.7 Å². The minimum atomic E-state index is -0.577. The number of likely N-dealkylation sites (N-methyl/N-ethyl adjacent to an activating group) is 1. The van der Waals surface area contributed by atoms with Crippen LogP contribution in [0.4, 0.5) is 0 Å². The molecule has 0 aromatic heterocycles. The Balaban J connectivity index is 1.81. The van der Waals surface area contributed by atoms with Gasteiger partial charge < -0.3 is 15.5 Å². The smallest absolute Gasteiger partial charge is 0.255 e. The van der Waals surface area contributed by atoms with Crippen LogP contribution in [0.3, 0.4) is 0 Å². The van der Waals surface area contributed by atoms with Crippen LogP contribution >= 0.6 is 0 Å². The maximum absolute atomic E-state index is 13.0. The second-order valence-corrected chi connectivity index (χ2v) is 7.03. The number of amides is 3. The number of piperidine rings is 1. The van der Waals surface area contributed by atoms with Gasteiger partial charge in [0.05, 0.1) is 0 Å². The third-order valence-electron chi connectivity index (χ3n) is 4.68. The molecule has 25 heavy (non-hydrogen) atoms. The lowest BCUT2D eigenvalue weighted by Gasteiger charge is -2.29. The number of imide groups is 1. The number of hydrogen-bond donors (Lipinski definition) is 2. The molecule has 3 N–H and O–H groups in total. The number of nitrogens with two attached hydrogens (primary N) is 1. The molecule has 0 saturated carbocycles. The van der Waals surface area contributed by atoms with Crippen LogP contribution in [-0.2, 0) is 22.7 Å². The lowest BCUT2D eigenvalue weighted by atomic mass is 10.0. The number of benzene rings is 1. The number of nitrogens with one attached hydrogen (secondary N) is 1. The van der Waals surface area contributed by atoms with Gasteiger partial charge in [-0.3, -0.25) is 19.7 Å². The minimum absolute atomic E-state index is 0.0532. The SMILES string of the molecule is CC(N)CN(C)Cc1cccc2c1C(=O)N(C1CCC(=O)NC1=O)C2. The fraction of sp³-hybridized carbons (Fsp3) is 0.500. The summed E-state index contributed by atoms with van der Waals surface area (Å²) >= 11 is 0. The molecule has 1 aromatic carbocycles. The molecule has 7 nitrogen and oxygen atoms in total. The predicted octanol–water partition coefficient (Wildman–Crippen LogP) is 0.227. The monoisotopic (exact) mass is 344 g/mol. The van der Waals surface area contributed by atoms with Crippen LogP contribution < -0.4 is 11.1 Å². The van der Waals surface area contributed by atoms with Gasteiger partial charge in [0.1, 0.15) is 6.04 Å². The number of nitrogens with zero attached hydrogens (tertiary/aromatic N) is 2. The molecular formula is C18H24N4O3. The van der Waals surface area contributed by atoms with E-state index >= 15 is 0 Å². The van der Waals surface area contributed by atoms with Crippen molar-refractivity contribution < 1.29 is 14.4 Å². The van der Waals surface area contributed by atoms with Crippen LogP contribution in [0.5, 0.6) is 0 Å². The third-order valence-corrected chi connectivity index (χ3v) is 4.68. The first-order valence-electron chi connectivity index (χ1n) is 8.56. The highest BCUT2D eigenvalue weighted by Gasteiger charge is 2.39. The molecule has 0 spiro atoms. The Kier molecular flexibility index (Phi) is 4.87. The Morgan fingerprint density at radius 1 is 1.36 bits per heavy atom. The summed E-state index contributed by atoms with van der Waals surface area (Å²) in [5, 5.41) is 2.33. The van der Waals surface area contributed by atoms with Crippen molar-refractivity contribution in [3.8, 4) is 0 Å². The quantitative estimate of drug-likeness (QED) is 0.746. The number of hydrogen-bond acceptors (Lipinski definition) is 5. The van der Waals surface area contributed by atoms with Gasteiger partial charge in [-0.05, 0) is 31.5 Å². The first-order chi connectivity index (χ1) is 11.9. The van der Waals surface area contributed by atoms with Crippen LogP contribution in [0.1, 0.15) is 41.3 Å². The van der Waals surface area contributed by atoms with E-state index in [9.17, 15) is 14.4 Å². The molecule has 2 aliphatic heterocycles. The highest BCUT2D eigenvalue weighted by Crippen LogP contribution is 2.30. The zero-order chi connectivity index (χ0) is 18.1. The fourth-order valence-corrected chi connectivity index (χ4v) is 3.67. The van der Waals surface area contributed by atoms with Crippen molar-refractivity contribution in [1.82, 2.24) is 15.1 Å². The molecule has 2 heterocycles. The molecule has 7 heteroatoms. The van der Waals surface area contributed by atoms with Crippen LogP contribution in [0.15, 0.2) is 18.2 Å². The Labute approximate surface area is 147 Å². The molecule has 2 atom stereocenters. The van der Waals surface area contributed by atoms with Gasteiger partial charge in [-0.2, -0.15) is 0 Å². The minimum Gasteiger partial charge on any atom is -0.327 e. The lowest BCUT2D eigenvalue weighted by molar-refractivity contribution is -0.136. The van der Waals surface area contributed by atoms with E-state index in [4.69, 9.17) is 5.73 Å². The molecule has 0 radical (unpaired) electrons. The zero-order valence-electron chi connectivity index (χ0n) is 14.6. The summed E-state index contributed by atoms with van der Waals surface area (Å²) in [6, 6.07) is 5.29. The Hall–Kier alpha value is -2.25. The van der Waals surface area contributed by atoms with Crippen molar-refractivity contribution in [1.29, 1.82) is 0 Å². The van der Waals surface area contributed by atoms with Gasteiger partial charge in [0.2, 0.25) is 11.8 Å². The standard InChI is InChI=1S/C18H24N4O3/c1-11(19)8-21(2)9-12-4-3-5-13-10-22(18(25)16(12)13)14-6-7-15(23)20-17(14)24/h3-5,11,14H,6-10,19H2,1-2H3,(H,20,23,24). The number of fused-ring (bicyclic) bond motifs is 1. The van der Waals surface area contributed by atoms with Gasteiger partial charge >= 0.3 is 0 Å². The van der Waals surface area contributed by atoms with Crippen molar-refractivity contribution in [3.63, 3.8) is 0 Å². The molecule has 134 valence electrons. The van der Waals surface area contributed by atoms with Gasteiger partial charge in [-0.25, -0.2) is 0 Å². The Bertz CT molecular complexity index is 716. The van der Waals surface area contributed by atoms with Gasteiger partial charge in [0.25, 0.3) is 5.91 Å². The predicted molar refractivity (Wildman–Crippen MR) is 92.5 cm³/mol. The van der Waals surface area contributed by atoms with Gasteiger partial charge in [-0.15, -0.1) is 0 Å². The Morgan fingerprint density at radius 2 is 2.12 bits per heavy atom. The molecule has 3 rings (SSSR count). The van der Waals surface area contributed by atoms with Crippen LogP contribution in [0.25, 0.3) is 0 Å². The fourth-order valence-electron chi connectivity index (χ4n) is 3.67. The summed E-state index contributed by atoms with van der Waals surface area (Å²) in [5.74, 6) is -0.786. The van der Waals surface area contributed by atoms with Crippen molar-refractivity contribution in [2.24, 2.45) is 5.73 Å². The first kappa shape index (κ1) is 17.6. The summed E-state index contributed by atoms with van der Waals surface area (Å²) < 4.78 is 0. The zero-order valence-corrected chi connectivity index (χ0v) is 14.6. The van der Waals surface area contributed by atoms with Crippen LogP contribution in [-0.4, -0.2) is 53.2 Å². The molecule has 1 aromatic rings. The normalized spacial score (nSPS) is 21.5. The highest BCUT2D eigenvalue weighted by atomic mass is 16.2. The van der Waals surface area contributed by atoms with E-state index in [1.54, 1.807) is 4.90 Å². The van der Waals surface area contributed by atoms with Gasteiger partial charge in [0.15, 0.2) is 0 Å². The van der Waals surface area contributed by atoms with Crippen molar-refractivity contribution >= 4 is 17.7 Å². The molecule has 3 amide bonds. The van der Waals surface area contributed by atoms with E-state index in [1.165, 1.54) is 0 Å². The molecule has 2 unspecified atom stereocenters. The number of carbonyl (C=O) groups is 3. The van der Waals surface area contributed by atoms with E-state index in [0.29, 0.717) is 25.1 Å². The average molecular weight is 344 g/mol. The molecular weight excluding hydrogens is 320 g/mol. The summed E-state index contributed by atoms with van der Waals surface area (Å²) in [7, 11) is 1.97. The largest absolute Gasteiger partial charge is 0.327 e. The van der Waals surface area contributed by atoms with E-state index in [2.05, 4.69) is 10.2 Å². The number of carbonyl (C=O) groups excluding carboxylic acids is 3. The van der Waals surface area contributed by atoms with Crippen LogP contribution in [0, 0.1) is 0 Å². The summed E-state index contributed by atoms with van der Waals surface area (Å²) in [5.41, 5.74) is 8.41. The van der Waals surface area contributed by atoms with Crippen LogP contribution in [0.2, 0.25) is 0 Å². The molecule has 0 bridgehead atoms. The number of rotatable bonds is 5. The Morgan fingerprint density at radius 3 is 2.80 bits per heavy atom. The molecule has 0 aliphatic carbocycles. The van der Waals surface area contributed by atoms with Crippen molar-refractivity contribution in [2.45, 2.75) is 44.9 Å². The summed E-state index contributed by atoms with van der Waals surface area (Å²) in [6.45, 7) is 3.71. The molecule has 2 aliphatic rings. The summed E-state index contributed by atoms with van der Waals surface area (Å²) in [4.78, 5) is 40.1. The molecule has 1 fully saturated rings. The van der Waals surface area contributed by atoms with E-state index in [-0.39, 0.29) is 30.2 Å².